The van der Waals surface area contributed by atoms with Crippen LogP contribution >= 0.6 is 15.9 Å². The van der Waals surface area contributed by atoms with E-state index in [1.54, 1.807) is 26.0 Å². The van der Waals surface area contributed by atoms with E-state index in [0.29, 0.717) is 6.42 Å². The maximum Gasteiger partial charge on any atom is 0.344 e. The summed E-state index contributed by atoms with van der Waals surface area (Å²) in [6.07, 6.45) is 0.545. The zero-order valence-corrected chi connectivity index (χ0v) is 13.4. The minimum Gasteiger partial charge on any atom is -0.322 e. The van der Waals surface area contributed by atoms with Crippen molar-refractivity contribution in [3.63, 3.8) is 0 Å². The van der Waals surface area contributed by atoms with Gasteiger partial charge in [0.2, 0.25) is 5.91 Å². The van der Waals surface area contributed by atoms with Gasteiger partial charge in [-0.2, -0.15) is 5.01 Å². The fourth-order valence-corrected chi connectivity index (χ4v) is 2.24. The van der Waals surface area contributed by atoms with Crippen molar-refractivity contribution in [3.8, 4) is 0 Å². The number of hydrazine groups is 1. The summed E-state index contributed by atoms with van der Waals surface area (Å²) in [5.74, 6) is -0.861. The fourth-order valence-electron chi connectivity index (χ4n) is 1.98. The Hall–Kier alpha value is -1.89. The van der Waals surface area contributed by atoms with Crippen molar-refractivity contribution in [2.45, 2.75) is 32.2 Å². The summed E-state index contributed by atoms with van der Waals surface area (Å²) in [4.78, 5) is 35.8. The molecule has 1 aliphatic rings. The van der Waals surface area contributed by atoms with Crippen molar-refractivity contribution >= 4 is 33.8 Å². The number of halogens is 1. The quantitative estimate of drug-likeness (QED) is 0.809. The van der Waals surface area contributed by atoms with Crippen molar-refractivity contribution in [1.82, 2.24) is 15.8 Å². The Kier molecular flexibility index (Phi) is 4.32. The zero-order valence-electron chi connectivity index (χ0n) is 11.8. The van der Waals surface area contributed by atoms with Crippen LogP contribution in [0.1, 0.15) is 25.8 Å². The van der Waals surface area contributed by atoms with Crippen LogP contribution in [0.25, 0.3) is 0 Å². The molecule has 0 aliphatic carbocycles. The molecule has 1 aromatic carbocycles. The van der Waals surface area contributed by atoms with Gasteiger partial charge >= 0.3 is 6.03 Å². The van der Waals surface area contributed by atoms with E-state index in [2.05, 4.69) is 26.7 Å². The summed E-state index contributed by atoms with van der Waals surface area (Å²) in [7, 11) is 0. The maximum absolute atomic E-state index is 12.1. The van der Waals surface area contributed by atoms with E-state index in [4.69, 9.17) is 0 Å². The van der Waals surface area contributed by atoms with Gasteiger partial charge in [-0.25, -0.2) is 4.79 Å². The lowest BCUT2D eigenvalue weighted by atomic mass is 10.00. The number of benzene rings is 1. The molecule has 7 heteroatoms. The number of amides is 4. The number of urea groups is 1. The molecule has 1 fully saturated rings. The van der Waals surface area contributed by atoms with Crippen LogP contribution in [0.15, 0.2) is 28.7 Å². The topological polar surface area (TPSA) is 78.5 Å². The van der Waals surface area contributed by atoms with E-state index in [1.807, 2.05) is 12.1 Å². The number of hydrogen-bond acceptors (Lipinski definition) is 3. The molecule has 6 nitrogen and oxygen atoms in total. The molecule has 1 atom stereocenters. The van der Waals surface area contributed by atoms with Gasteiger partial charge in [0.05, 0.1) is 6.42 Å². The van der Waals surface area contributed by atoms with Gasteiger partial charge in [-0.05, 0) is 31.0 Å². The van der Waals surface area contributed by atoms with E-state index >= 15 is 0 Å². The molecule has 1 saturated heterocycles. The third-order valence-electron chi connectivity index (χ3n) is 3.48. The minimum absolute atomic E-state index is 0.0905. The van der Waals surface area contributed by atoms with Gasteiger partial charge in [0.1, 0.15) is 5.54 Å². The van der Waals surface area contributed by atoms with Crippen LogP contribution in [0.4, 0.5) is 4.79 Å². The molecule has 0 bridgehead atoms. The predicted molar refractivity (Wildman–Crippen MR) is 80.1 cm³/mol. The highest BCUT2D eigenvalue weighted by Crippen LogP contribution is 2.19. The number of carbonyl (C=O) groups is 3. The maximum atomic E-state index is 12.1. The van der Waals surface area contributed by atoms with Crippen LogP contribution in [-0.2, 0) is 16.0 Å². The lowest BCUT2D eigenvalue weighted by molar-refractivity contribution is -0.138. The highest BCUT2D eigenvalue weighted by atomic mass is 79.9. The second-order valence-electron chi connectivity index (χ2n) is 5.09. The second kappa shape index (κ2) is 5.85. The van der Waals surface area contributed by atoms with Crippen molar-refractivity contribution in [2.75, 3.05) is 0 Å². The van der Waals surface area contributed by atoms with Crippen LogP contribution in [0.3, 0.4) is 0 Å². The number of hydrogen-bond donors (Lipinski definition) is 2. The monoisotopic (exact) mass is 353 g/mol. The molecule has 0 radical (unpaired) electrons. The molecule has 2 N–H and O–H groups in total. The lowest BCUT2D eigenvalue weighted by Gasteiger charge is -2.19. The smallest absolute Gasteiger partial charge is 0.322 e. The Labute approximate surface area is 131 Å². The van der Waals surface area contributed by atoms with Crippen LogP contribution in [0.5, 0.6) is 0 Å². The molecule has 0 spiro atoms. The highest BCUT2D eigenvalue weighted by Gasteiger charge is 2.47. The van der Waals surface area contributed by atoms with Crippen LogP contribution < -0.4 is 10.7 Å². The van der Waals surface area contributed by atoms with Gasteiger partial charge in [-0.15, -0.1) is 0 Å². The first-order valence-electron chi connectivity index (χ1n) is 6.56. The summed E-state index contributed by atoms with van der Waals surface area (Å²) < 4.78 is 0.916. The molecule has 0 saturated carbocycles. The van der Waals surface area contributed by atoms with E-state index in [0.717, 1.165) is 15.0 Å². The van der Waals surface area contributed by atoms with Crippen LogP contribution in [0, 0.1) is 0 Å². The van der Waals surface area contributed by atoms with E-state index in [9.17, 15) is 14.4 Å². The first-order chi connectivity index (χ1) is 9.85. The van der Waals surface area contributed by atoms with Crippen LogP contribution in [0.2, 0.25) is 0 Å². The van der Waals surface area contributed by atoms with Crippen molar-refractivity contribution in [3.05, 3.63) is 34.3 Å². The summed E-state index contributed by atoms with van der Waals surface area (Å²) in [6, 6.07) is 6.64. The Balaban J connectivity index is 2.01. The third-order valence-corrected chi connectivity index (χ3v) is 4.01. The number of nitrogens with one attached hydrogen (secondary N) is 2. The van der Waals surface area contributed by atoms with Gasteiger partial charge in [0.25, 0.3) is 5.91 Å². The van der Waals surface area contributed by atoms with E-state index in [1.165, 1.54) is 0 Å². The number of carbonyl (C=O) groups excluding carboxylic acids is 3. The summed E-state index contributed by atoms with van der Waals surface area (Å²) in [5, 5.41) is 3.33. The Bertz CT molecular complexity index is 588. The molecule has 4 amide bonds. The molecular formula is C14H16BrN3O3. The van der Waals surface area contributed by atoms with Gasteiger partial charge in [0, 0.05) is 4.47 Å². The average molecular weight is 354 g/mol. The van der Waals surface area contributed by atoms with Crippen molar-refractivity contribution in [1.29, 1.82) is 0 Å². The van der Waals surface area contributed by atoms with Gasteiger partial charge in [-0.1, -0.05) is 35.0 Å². The van der Waals surface area contributed by atoms with Gasteiger partial charge in [-0.3, -0.25) is 15.0 Å². The summed E-state index contributed by atoms with van der Waals surface area (Å²) in [6.45, 7) is 3.43. The Morgan fingerprint density at radius 2 is 1.95 bits per heavy atom. The number of rotatable bonds is 4. The largest absolute Gasteiger partial charge is 0.344 e. The molecule has 1 heterocycles. The minimum atomic E-state index is -0.956. The molecule has 1 aliphatic heterocycles. The number of nitrogens with zero attached hydrogens (tertiary/aromatic N) is 1. The van der Waals surface area contributed by atoms with Crippen molar-refractivity contribution in [2.24, 2.45) is 0 Å². The zero-order chi connectivity index (χ0) is 15.6. The van der Waals surface area contributed by atoms with E-state index < -0.39 is 23.4 Å². The van der Waals surface area contributed by atoms with Crippen LogP contribution in [-0.4, -0.2) is 28.4 Å². The SMILES string of the molecule is CC[C@]1(C)NC(=O)N(NC(=O)Cc2ccc(Br)cc2)C1=O. The average Bonchev–Trinajstić information content (AvgIpc) is 2.66. The third kappa shape index (κ3) is 3.24. The van der Waals surface area contributed by atoms with Crippen molar-refractivity contribution < 1.29 is 14.4 Å². The summed E-state index contributed by atoms with van der Waals surface area (Å²) >= 11 is 3.31. The summed E-state index contributed by atoms with van der Waals surface area (Å²) in [5.41, 5.74) is 2.19. The standard InChI is InChI=1S/C14H16BrN3O3/c1-3-14(2)12(20)18(13(21)16-14)17-11(19)8-9-4-6-10(15)7-5-9/h4-7H,3,8H2,1-2H3,(H,16,21)(H,17,19)/t14-/m0/s1. The first kappa shape index (κ1) is 15.5. The predicted octanol–water partition coefficient (Wildman–Crippen LogP) is 1.74. The van der Waals surface area contributed by atoms with Gasteiger partial charge in [0.15, 0.2) is 0 Å². The lowest BCUT2D eigenvalue weighted by Crippen LogP contribution is -2.49. The molecule has 2 rings (SSSR count). The second-order valence-corrected chi connectivity index (χ2v) is 6.01. The molecule has 112 valence electrons. The molecule has 1 aromatic rings. The van der Waals surface area contributed by atoms with E-state index in [-0.39, 0.29) is 6.42 Å². The Morgan fingerprint density at radius 3 is 2.48 bits per heavy atom. The Morgan fingerprint density at radius 1 is 1.33 bits per heavy atom. The normalized spacial score (nSPS) is 21.4. The first-order valence-corrected chi connectivity index (χ1v) is 7.35. The fraction of sp³-hybridized carbons (Fsp3) is 0.357. The highest BCUT2D eigenvalue weighted by molar-refractivity contribution is 9.10. The van der Waals surface area contributed by atoms with Gasteiger partial charge < -0.3 is 5.32 Å². The molecular weight excluding hydrogens is 338 g/mol. The molecule has 21 heavy (non-hydrogen) atoms. The molecule has 0 unspecified atom stereocenters. The molecule has 0 aromatic heterocycles. The number of imide groups is 1.